The van der Waals surface area contributed by atoms with Crippen molar-refractivity contribution >= 4 is 71.6 Å². The molecule has 3 nitrogen and oxygen atoms in total. The van der Waals surface area contributed by atoms with E-state index >= 15 is 0 Å². The summed E-state index contributed by atoms with van der Waals surface area (Å²) in [6, 6.07) is 82.9. The fraction of sp³-hybridized carbons (Fsp3) is 0. The Morgan fingerprint density at radius 2 is 0.852 bits per heavy atom. The van der Waals surface area contributed by atoms with Crippen LogP contribution in [0.5, 0.6) is 0 Å². The van der Waals surface area contributed by atoms with Crippen LogP contribution in [0.2, 0.25) is 0 Å². The molecule has 12 rings (SSSR count). The van der Waals surface area contributed by atoms with Crippen LogP contribution < -0.4 is 4.90 Å². The number of hydrogen-bond acceptors (Lipinski definition) is 2. The van der Waals surface area contributed by atoms with E-state index in [-0.39, 0.29) is 0 Å². The highest BCUT2D eigenvalue weighted by molar-refractivity contribution is 6.10. The van der Waals surface area contributed by atoms with Crippen molar-refractivity contribution in [3.63, 3.8) is 0 Å². The van der Waals surface area contributed by atoms with Crippen LogP contribution in [0.4, 0.5) is 17.1 Å². The molecule has 0 atom stereocenters. The number of nitrogens with zero attached hydrogens (tertiary/aromatic N) is 2. The van der Waals surface area contributed by atoms with Gasteiger partial charge in [-0.25, -0.2) is 0 Å². The maximum atomic E-state index is 6.27. The van der Waals surface area contributed by atoms with Crippen molar-refractivity contribution in [3.8, 4) is 39.1 Å². The quantitative estimate of drug-likeness (QED) is 0.161. The molecule has 0 spiro atoms. The van der Waals surface area contributed by atoms with Gasteiger partial charge in [-0.3, -0.25) is 0 Å². The molecule has 0 N–H and O–H groups in total. The molecule has 0 aliphatic carbocycles. The predicted molar refractivity (Wildman–Crippen MR) is 257 cm³/mol. The number of benzene rings is 10. The van der Waals surface area contributed by atoms with Crippen molar-refractivity contribution in [2.45, 2.75) is 0 Å². The summed E-state index contributed by atoms with van der Waals surface area (Å²) in [5.74, 6) is 0. The number of aromatic nitrogens is 1. The molecule has 286 valence electrons. The number of fused-ring (bicyclic) bond motifs is 7. The lowest BCUT2D eigenvalue weighted by atomic mass is 9.91. The Labute approximate surface area is 353 Å². The molecule has 2 heterocycles. The average Bonchev–Trinajstić information content (AvgIpc) is 3.88. The Morgan fingerprint density at radius 3 is 1.54 bits per heavy atom. The first-order valence-corrected chi connectivity index (χ1v) is 20.8. The molecule has 0 unspecified atom stereocenters. The van der Waals surface area contributed by atoms with Gasteiger partial charge in [0, 0.05) is 44.3 Å². The van der Waals surface area contributed by atoms with Crippen LogP contribution in [-0.2, 0) is 0 Å². The topological polar surface area (TPSA) is 21.3 Å². The number of anilines is 3. The SMILES string of the molecule is c1ccc(-c2cccc3cccc(-c4ccc(N(c5ccc(-c6cccc(-n7c8ccccc8c8ccccc87)c6)cc5)c5ccc6oc7ccccc7c6c5)cc4)c23)cc1. The van der Waals surface area contributed by atoms with Gasteiger partial charge in [-0.1, -0.05) is 158 Å². The van der Waals surface area contributed by atoms with E-state index in [1.165, 1.54) is 54.8 Å². The summed E-state index contributed by atoms with van der Waals surface area (Å²) < 4.78 is 8.65. The van der Waals surface area contributed by atoms with Crippen LogP contribution >= 0.6 is 0 Å². The first kappa shape index (κ1) is 34.9. The van der Waals surface area contributed by atoms with Crippen molar-refractivity contribution in [3.05, 3.63) is 231 Å². The lowest BCUT2D eigenvalue weighted by Gasteiger charge is -2.26. The largest absolute Gasteiger partial charge is 0.456 e. The lowest BCUT2D eigenvalue weighted by Crippen LogP contribution is -2.09. The molecular weight excluding hydrogens is 741 g/mol. The van der Waals surface area contributed by atoms with Gasteiger partial charge in [0.15, 0.2) is 0 Å². The zero-order valence-electron chi connectivity index (χ0n) is 33.2. The van der Waals surface area contributed by atoms with Crippen molar-refractivity contribution in [2.75, 3.05) is 4.90 Å². The highest BCUT2D eigenvalue weighted by Crippen LogP contribution is 2.42. The third kappa shape index (κ3) is 5.90. The monoisotopic (exact) mass is 778 g/mol. The number of furan rings is 1. The van der Waals surface area contributed by atoms with Gasteiger partial charge in [-0.15, -0.1) is 0 Å². The number of rotatable bonds is 7. The minimum Gasteiger partial charge on any atom is -0.456 e. The van der Waals surface area contributed by atoms with Crippen LogP contribution in [-0.4, -0.2) is 4.57 Å². The van der Waals surface area contributed by atoms with Gasteiger partial charge in [0.05, 0.1) is 11.0 Å². The number of hydrogen-bond donors (Lipinski definition) is 0. The standard InChI is InChI=1S/C58H38N2O/c1-2-13-40(14-3-1)48-22-11-15-42-16-12-23-49(58(42)48)41-29-33-45(34-30-41)59(47-35-36-57-53(38-47)52-21-6-9-26-56(52)61-57)44-31-27-39(28-32-44)43-17-10-18-46(37-43)60-54-24-7-4-19-50(54)51-20-5-8-25-55(51)60/h1-38H. The van der Waals surface area contributed by atoms with Crippen molar-refractivity contribution < 1.29 is 4.42 Å². The summed E-state index contributed by atoms with van der Waals surface area (Å²) in [4.78, 5) is 2.35. The van der Waals surface area contributed by atoms with E-state index in [1.54, 1.807) is 0 Å². The maximum Gasteiger partial charge on any atom is 0.135 e. The summed E-state index contributed by atoms with van der Waals surface area (Å²) in [6.07, 6.45) is 0. The Bertz CT molecular complexity index is 3520. The smallest absolute Gasteiger partial charge is 0.135 e. The van der Waals surface area contributed by atoms with Gasteiger partial charge in [0.25, 0.3) is 0 Å². The van der Waals surface area contributed by atoms with Gasteiger partial charge in [-0.05, 0) is 117 Å². The summed E-state index contributed by atoms with van der Waals surface area (Å²) in [6.45, 7) is 0. The third-order valence-electron chi connectivity index (χ3n) is 12.2. The molecule has 0 aliphatic rings. The molecule has 0 amide bonds. The van der Waals surface area contributed by atoms with Crippen molar-refractivity contribution in [1.82, 2.24) is 4.57 Å². The Morgan fingerprint density at radius 1 is 0.328 bits per heavy atom. The molecule has 0 saturated heterocycles. The summed E-state index contributed by atoms with van der Waals surface area (Å²) >= 11 is 0. The van der Waals surface area contributed by atoms with E-state index in [9.17, 15) is 0 Å². The molecule has 10 aromatic carbocycles. The summed E-state index contributed by atoms with van der Waals surface area (Å²) in [5.41, 5.74) is 15.7. The first-order valence-electron chi connectivity index (χ1n) is 20.8. The van der Waals surface area contributed by atoms with Gasteiger partial charge < -0.3 is 13.9 Å². The van der Waals surface area contributed by atoms with Crippen LogP contribution in [0.25, 0.3) is 93.6 Å². The first-order chi connectivity index (χ1) is 30.2. The molecule has 0 bridgehead atoms. The summed E-state index contributed by atoms with van der Waals surface area (Å²) in [7, 11) is 0. The van der Waals surface area contributed by atoms with Crippen molar-refractivity contribution in [2.24, 2.45) is 0 Å². The minimum absolute atomic E-state index is 0.879. The van der Waals surface area contributed by atoms with E-state index < -0.39 is 0 Å². The Kier molecular flexibility index (Phi) is 8.17. The third-order valence-corrected chi connectivity index (χ3v) is 12.2. The van der Waals surface area contributed by atoms with E-state index in [4.69, 9.17) is 4.42 Å². The van der Waals surface area contributed by atoms with Crippen LogP contribution in [0, 0.1) is 0 Å². The second-order valence-electron chi connectivity index (χ2n) is 15.7. The van der Waals surface area contributed by atoms with Crippen LogP contribution in [0.1, 0.15) is 0 Å². The fourth-order valence-corrected chi connectivity index (χ4v) is 9.36. The van der Waals surface area contributed by atoms with Gasteiger partial charge in [-0.2, -0.15) is 0 Å². The molecule has 0 saturated carbocycles. The highest BCUT2D eigenvalue weighted by Gasteiger charge is 2.18. The van der Waals surface area contributed by atoms with Gasteiger partial charge in [0.2, 0.25) is 0 Å². The van der Waals surface area contributed by atoms with Crippen LogP contribution in [0.15, 0.2) is 235 Å². The minimum atomic E-state index is 0.879. The Hall–Kier alpha value is -8.14. The van der Waals surface area contributed by atoms with E-state index in [1.807, 2.05) is 12.1 Å². The molecule has 2 aromatic heterocycles. The molecule has 3 heteroatoms. The molecule has 61 heavy (non-hydrogen) atoms. The number of para-hydroxylation sites is 3. The second-order valence-corrected chi connectivity index (χ2v) is 15.7. The fourth-order valence-electron chi connectivity index (χ4n) is 9.36. The second kappa shape index (κ2) is 14.3. The van der Waals surface area contributed by atoms with Crippen LogP contribution in [0.3, 0.4) is 0 Å². The normalized spacial score (nSPS) is 11.6. The highest BCUT2D eigenvalue weighted by atomic mass is 16.3. The summed E-state index contributed by atoms with van der Waals surface area (Å²) in [5, 5.41) is 7.21. The van der Waals surface area contributed by atoms with E-state index in [0.29, 0.717) is 0 Å². The van der Waals surface area contributed by atoms with Gasteiger partial charge in [0.1, 0.15) is 11.2 Å². The molecule has 12 aromatic rings. The zero-order chi connectivity index (χ0) is 40.3. The van der Waals surface area contributed by atoms with E-state index in [2.05, 4.69) is 228 Å². The molecule has 0 radical (unpaired) electrons. The maximum absolute atomic E-state index is 6.27. The molecule has 0 aliphatic heterocycles. The zero-order valence-corrected chi connectivity index (χ0v) is 33.2. The lowest BCUT2D eigenvalue weighted by molar-refractivity contribution is 0.669. The molecule has 0 fully saturated rings. The predicted octanol–water partition coefficient (Wildman–Crippen LogP) is 16.3. The van der Waals surface area contributed by atoms with Gasteiger partial charge >= 0.3 is 0 Å². The molecular formula is C58H38N2O. The Balaban J connectivity index is 0.959. The van der Waals surface area contributed by atoms with E-state index in [0.717, 1.165) is 55.8 Å². The van der Waals surface area contributed by atoms with Crippen molar-refractivity contribution in [1.29, 1.82) is 0 Å². The average molecular weight is 779 g/mol.